The summed E-state index contributed by atoms with van der Waals surface area (Å²) in [5, 5.41) is 2.31. The van der Waals surface area contributed by atoms with E-state index in [1.165, 1.54) is 0 Å². The summed E-state index contributed by atoms with van der Waals surface area (Å²) in [6.07, 6.45) is 0. The van der Waals surface area contributed by atoms with E-state index in [2.05, 4.69) is 5.43 Å². The summed E-state index contributed by atoms with van der Waals surface area (Å²) >= 11 is 5.82. The van der Waals surface area contributed by atoms with Gasteiger partial charge in [0.2, 0.25) is 5.91 Å². The van der Waals surface area contributed by atoms with Crippen LogP contribution in [0.4, 0.5) is 0 Å². The van der Waals surface area contributed by atoms with E-state index in [1.807, 2.05) is 26.0 Å². The summed E-state index contributed by atoms with van der Waals surface area (Å²) in [4.78, 5) is 12.0. The molecule has 0 saturated carbocycles. The van der Waals surface area contributed by atoms with Crippen LogP contribution in [0.1, 0.15) is 19.4 Å². The maximum Gasteiger partial charge on any atom is 0.244 e. The zero-order valence-electron chi connectivity index (χ0n) is 10.0. The number of benzene rings is 1. The van der Waals surface area contributed by atoms with Gasteiger partial charge in [-0.3, -0.25) is 10.2 Å². The van der Waals surface area contributed by atoms with E-state index in [0.717, 1.165) is 5.56 Å². The molecule has 0 radical (unpaired) electrons. The van der Waals surface area contributed by atoms with E-state index in [0.29, 0.717) is 5.02 Å². The lowest BCUT2D eigenvalue weighted by Crippen LogP contribution is -2.46. The lowest BCUT2D eigenvalue weighted by Gasteiger charge is -2.26. The predicted molar refractivity (Wildman–Crippen MR) is 66.3 cm³/mol. The molecule has 0 bridgehead atoms. The van der Waals surface area contributed by atoms with Crippen LogP contribution in [-0.4, -0.2) is 25.0 Å². The molecule has 0 aliphatic rings. The molecule has 88 valence electrons. The van der Waals surface area contributed by atoms with Crippen molar-refractivity contribution < 1.29 is 4.79 Å². The Morgan fingerprint density at radius 1 is 1.25 bits per heavy atom. The predicted octanol–water partition coefficient (Wildman–Crippen LogP) is 2.21. The van der Waals surface area contributed by atoms with Crippen molar-refractivity contribution >= 4 is 17.5 Å². The highest BCUT2D eigenvalue weighted by atomic mass is 35.5. The van der Waals surface area contributed by atoms with Crippen LogP contribution in [0.5, 0.6) is 0 Å². The Balaban J connectivity index is 2.92. The molecule has 0 heterocycles. The quantitative estimate of drug-likeness (QED) is 0.822. The van der Waals surface area contributed by atoms with Crippen LogP contribution in [-0.2, 0) is 10.2 Å². The monoisotopic (exact) mass is 240 g/mol. The summed E-state index contributed by atoms with van der Waals surface area (Å²) in [6, 6.07) is 7.33. The average Bonchev–Trinajstić information content (AvgIpc) is 2.17. The van der Waals surface area contributed by atoms with Gasteiger partial charge in [-0.25, -0.2) is 5.01 Å². The SMILES string of the molecule is CN(C)NC(=O)C(C)(C)c1ccc(Cl)cc1. The van der Waals surface area contributed by atoms with E-state index in [4.69, 9.17) is 11.6 Å². The van der Waals surface area contributed by atoms with E-state index in [-0.39, 0.29) is 5.91 Å². The first-order chi connectivity index (χ1) is 7.34. The van der Waals surface area contributed by atoms with Gasteiger partial charge in [-0.2, -0.15) is 0 Å². The zero-order valence-corrected chi connectivity index (χ0v) is 10.8. The Morgan fingerprint density at radius 2 is 1.75 bits per heavy atom. The molecule has 0 saturated heterocycles. The van der Waals surface area contributed by atoms with Crippen LogP contribution in [0.15, 0.2) is 24.3 Å². The molecule has 0 spiro atoms. The number of halogens is 1. The van der Waals surface area contributed by atoms with Crippen molar-refractivity contribution in [2.24, 2.45) is 0 Å². The Morgan fingerprint density at radius 3 is 2.19 bits per heavy atom. The van der Waals surface area contributed by atoms with E-state index >= 15 is 0 Å². The van der Waals surface area contributed by atoms with Crippen molar-refractivity contribution in [2.75, 3.05) is 14.1 Å². The first-order valence-electron chi connectivity index (χ1n) is 5.08. The van der Waals surface area contributed by atoms with Gasteiger partial charge >= 0.3 is 0 Å². The molecular formula is C12H17ClN2O. The van der Waals surface area contributed by atoms with E-state index in [9.17, 15) is 4.79 Å². The first kappa shape index (κ1) is 13.0. The Hall–Kier alpha value is -1.06. The fourth-order valence-electron chi connectivity index (χ4n) is 1.34. The molecule has 1 N–H and O–H groups in total. The minimum absolute atomic E-state index is 0.0418. The second-order valence-electron chi connectivity index (χ2n) is 4.47. The third kappa shape index (κ3) is 2.97. The summed E-state index contributed by atoms with van der Waals surface area (Å²) in [5.41, 5.74) is 3.12. The lowest BCUT2D eigenvalue weighted by molar-refractivity contribution is -0.129. The van der Waals surface area contributed by atoms with Crippen LogP contribution in [0.25, 0.3) is 0 Å². The van der Waals surface area contributed by atoms with Gasteiger partial charge in [0.1, 0.15) is 0 Å². The van der Waals surface area contributed by atoms with Crippen molar-refractivity contribution in [1.29, 1.82) is 0 Å². The van der Waals surface area contributed by atoms with Crippen molar-refractivity contribution in [2.45, 2.75) is 19.3 Å². The molecule has 4 heteroatoms. The van der Waals surface area contributed by atoms with Gasteiger partial charge in [-0.1, -0.05) is 23.7 Å². The first-order valence-corrected chi connectivity index (χ1v) is 5.46. The highest BCUT2D eigenvalue weighted by Gasteiger charge is 2.29. The number of carbonyl (C=O) groups excluding carboxylic acids is 1. The number of nitrogens with zero attached hydrogens (tertiary/aromatic N) is 1. The number of nitrogens with one attached hydrogen (secondary N) is 1. The number of hydrazine groups is 1. The Bertz CT molecular complexity index is 371. The zero-order chi connectivity index (χ0) is 12.3. The maximum atomic E-state index is 12.0. The minimum Gasteiger partial charge on any atom is -0.289 e. The van der Waals surface area contributed by atoms with Gasteiger partial charge in [0.25, 0.3) is 0 Å². The molecule has 0 unspecified atom stereocenters. The number of hydrogen-bond donors (Lipinski definition) is 1. The lowest BCUT2D eigenvalue weighted by atomic mass is 9.84. The van der Waals surface area contributed by atoms with E-state index in [1.54, 1.807) is 31.2 Å². The summed E-state index contributed by atoms with van der Waals surface area (Å²) < 4.78 is 0. The molecule has 0 aliphatic heterocycles. The summed E-state index contributed by atoms with van der Waals surface area (Å²) in [5.74, 6) is -0.0418. The van der Waals surface area contributed by atoms with Gasteiger partial charge in [0.05, 0.1) is 5.41 Å². The number of amides is 1. The average molecular weight is 241 g/mol. The van der Waals surface area contributed by atoms with Gasteiger partial charge in [0.15, 0.2) is 0 Å². The molecule has 0 aromatic heterocycles. The van der Waals surface area contributed by atoms with Crippen LogP contribution >= 0.6 is 11.6 Å². The van der Waals surface area contributed by atoms with Gasteiger partial charge in [0, 0.05) is 19.1 Å². The molecule has 1 rings (SSSR count). The van der Waals surface area contributed by atoms with Crippen molar-refractivity contribution in [3.63, 3.8) is 0 Å². The molecular weight excluding hydrogens is 224 g/mol. The van der Waals surface area contributed by atoms with Gasteiger partial charge in [-0.05, 0) is 31.5 Å². The Labute approximate surface area is 101 Å². The smallest absolute Gasteiger partial charge is 0.244 e. The molecule has 0 fully saturated rings. The van der Waals surface area contributed by atoms with Crippen LogP contribution in [0.2, 0.25) is 5.02 Å². The topological polar surface area (TPSA) is 32.3 Å². The van der Waals surface area contributed by atoms with Crippen LogP contribution < -0.4 is 5.43 Å². The number of carbonyl (C=O) groups is 1. The standard InChI is InChI=1S/C12H17ClN2O/c1-12(2,11(16)14-15(3)4)9-5-7-10(13)8-6-9/h5-8H,1-4H3,(H,14,16). The second kappa shape index (κ2) is 4.85. The summed E-state index contributed by atoms with van der Waals surface area (Å²) in [7, 11) is 3.58. The molecule has 0 atom stereocenters. The molecule has 16 heavy (non-hydrogen) atoms. The normalized spacial score (nSPS) is 11.6. The number of rotatable bonds is 3. The van der Waals surface area contributed by atoms with Crippen LogP contribution in [0.3, 0.4) is 0 Å². The Kier molecular flexibility index (Phi) is 3.94. The molecule has 1 aromatic carbocycles. The van der Waals surface area contributed by atoms with Crippen molar-refractivity contribution in [3.05, 3.63) is 34.9 Å². The summed E-state index contributed by atoms with van der Waals surface area (Å²) in [6.45, 7) is 3.77. The van der Waals surface area contributed by atoms with E-state index < -0.39 is 5.41 Å². The maximum absolute atomic E-state index is 12.0. The highest BCUT2D eigenvalue weighted by molar-refractivity contribution is 6.30. The minimum atomic E-state index is -0.575. The third-order valence-corrected chi connectivity index (χ3v) is 2.71. The molecule has 1 aromatic rings. The largest absolute Gasteiger partial charge is 0.289 e. The molecule has 0 aliphatic carbocycles. The number of hydrogen-bond acceptors (Lipinski definition) is 2. The van der Waals surface area contributed by atoms with Crippen molar-refractivity contribution in [1.82, 2.24) is 10.4 Å². The second-order valence-corrected chi connectivity index (χ2v) is 4.90. The molecule has 3 nitrogen and oxygen atoms in total. The van der Waals surface area contributed by atoms with Crippen LogP contribution in [0, 0.1) is 0 Å². The fourth-order valence-corrected chi connectivity index (χ4v) is 1.47. The highest BCUT2D eigenvalue weighted by Crippen LogP contribution is 2.24. The molecule has 1 amide bonds. The van der Waals surface area contributed by atoms with Crippen molar-refractivity contribution in [3.8, 4) is 0 Å². The fraction of sp³-hybridized carbons (Fsp3) is 0.417. The van der Waals surface area contributed by atoms with Gasteiger partial charge in [-0.15, -0.1) is 0 Å². The third-order valence-electron chi connectivity index (χ3n) is 2.46. The van der Waals surface area contributed by atoms with Gasteiger partial charge < -0.3 is 0 Å².